The second kappa shape index (κ2) is 8.96. The number of ether oxygens (including phenoxy) is 1. The van der Waals surface area contributed by atoms with E-state index in [1.165, 1.54) is 12.1 Å². The maximum absolute atomic E-state index is 11.1. The van der Waals surface area contributed by atoms with Gasteiger partial charge in [-0.25, -0.2) is 14.8 Å². The van der Waals surface area contributed by atoms with E-state index >= 15 is 0 Å². The van der Waals surface area contributed by atoms with Gasteiger partial charge in [-0.05, 0) is 48.5 Å². The molecule has 1 aromatic heterocycles. The molecule has 0 amide bonds. The second-order valence-corrected chi connectivity index (χ2v) is 8.07. The summed E-state index contributed by atoms with van der Waals surface area (Å²) >= 11 is 6.38. The molecule has 0 unspecified atom stereocenters. The Kier molecular flexibility index (Phi) is 5.69. The second-order valence-electron chi connectivity index (χ2n) is 7.63. The Morgan fingerprint density at radius 3 is 2.59 bits per heavy atom. The number of carboxylic acids is 1. The van der Waals surface area contributed by atoms with Crippen LogP contribution < -0.4 is 10.1 Å². The van der Waals surface area contributed by atoms with Crippen molar-refractivity contribution in [2.75, 3.05) is 12.4 Å². The Labute approximate surface area is 200 Å². The molecule has 168 valence electrons. The van der Waals surface area contributed by atoms with E-state index in [0.717, 1.165) is 39.4 Å². The van der Waals surface area contributed by atoms with E-state index in [-0.39, 0.29) is 5.56 Å². The fourth-order valence-electron chi connectivity index (χ4n) is 3.88. The molecule has 0 radical (unpaired) electrons. The van der Waals surface area contributed by atoms with E-state index in [1.807, 2.05) is 42.5 Å². The molecule has 2 heterocycles. The van der Waals surface area contributed by atoms with Gasteiger partial charge in [-0.3, -0.25) is 4.99 Å². The summed E-state index contributed by atoms with van der Waals surface area (Å²) in [6, 6.07) is 19.8. The number of halogens is 1. The Bertz CT molecular complexity index is 1430. The highest BCUT2D eigenvalue weighted by Crippen LogP contribution is 2.35. The summed E-state index contributed by atoms with van der Waals surface area (Å²) in [7, 11) is 1.64. The predicted octanol–water partition coefficient (Wildman–Crippen LogP) is 5.60. The first kappa shape index (κ1) is 21.6. The lowest BCUT2D eigenvalue weighted by Gasteiger charge is -2.14. The Morgan fingerprint density at radius 1 is 1.03 bits per heavy atom. The maximum atomic E-state index is 11.1. The minimum absolute atomic E-state index is 0.209. The molecule has 2 N–H and O–H groups in total. The van der Waals surface area contributed by atoms with Crippen LogP contribution >= 0.6 is 11.6 Å². The van der Waals surface area contributed by atoms with Crippen LogP contribution in [0.1, 0.15) is 27.0 Å². The molecule has 0 bridgehead atoms. The van der Waals surface area contributed by atoms with Crippen molar-refractivity contribution in [1.82, 2.24) is 9.97 Å². The standard InChI is InChI=1S/C26H19ClN4O3/c1-34-22-5-3-2-4-20(22)24-21-12-17(27)8-11-19(21)23-16(13-28-24)14-29-26(31-23)30-18-9-6-15(7-10-18)25(32)33/h2-12,14H,13H2,1H3,(H,32,33)(H,29,30,31). The fraction of sp³-hybridized carbons (Fsp3) is 0.0769. The minimum Gasteiger partial charge on any atom is -0.496 e. The summed E-state index contributed by atoms with van der Waals surface area (Å²) in [5.41, 5.74) is 5.89. The predicted molar refractivity (Wildman–Crippen MR) is 131 cm³/mol. The van der Waals surface area contributed by atoms with Crippen LogP contribution in [0.4, 0.5) is 11.6 Å². The number of aromatic carboxylic acids is 1. The van der Waals surface area contributed by atoms with Gasteiger partial charge in [0.1, 0.15) is 5.75 Å². The van der Waals surface area contributed by atoms with Crippen LogP contribution in [-0.4, -0.2) is 33.9 Å². The number of carbonyl (C=O) groups is 1. The summed E-state index contributed by atoms with van der Waals surface area (Å²) in [5, 5.41) is 12.8. The van der Waals surface area contributed by atoms with Crippen molar-refractivity contribution in [2.24, 2.45) is 4.99 Å². The lowest BCUT2D eigenvalue weighted by molar-refractivity contribution is 0.0697. The van der Waals surface area contributed by atoms with E-state index in [0.29, 0.717) is 23.2 Å². The molecule has 3 aromatic carbocycles. The zero-order chi connectivity index (χ0) is 23.7. The largest absolute Gasteiger partial charge is 0.496 e. The molecule has 34 heavy (non-hydrogen) atoms. The van der Waals surface area contributed by atoms with Gasteiger partial charge in [0.15, 0.2) is 0 Å². The first-order valence-electron chi connectivity index (χ1n) is 10.5. The van der Waals surface area contributed by atoms with E-state index in [2.05, 4.69) is 10.3 Å². The highest BCUT2D eigenvalue weighted by molar-refractivity contribution is 6.31. The van der Waals surface area contributed by atoms with Crippen LogP contribution in [0.5, 0.6) is 5.75 Å². The summed E-state index contributed by atoms with van der Waals surface area (Å²) in [4.78, 5) is 25.2. The third kappa shape index (κ3) is 4.09. The highest BCUT2D eigenvalue weighted by atomic mass is 35.5. The van der Waals surface area contributed by atoms with Crippen LogP contribution in [0.25, 0.3) is 11.3 Å². The average molecular weight is 471 g/mol. The third-order valence-corrected chi connectivity index (χ3v) is 5.75. The van der Waals surface area contributed by atoms with Crippen molar-refractivity contribution in [3.05, 3.63) is 100 Å². The highest BCUT2D eigenvalue weighted by Gasteiger charge is 2.23. The summed E-state index contributed by atoms with van der Waals surface area (Å²) in [6.07, 6.45) is 1.75. The van der Waals surface area contributed by atoms with E-state index in [1.54, 1.807) is 25.4 Å². The first-order chi connectivity index (χ1) is 16.5. The van der Waals surface area contributed by atoms with Crippen molar-refractivity contribution in [3.8, 4) is 17.0 Å². The molecule has 0 saturated heterocycles. The fourth-order valence-corrected chi connectivity index (χ4v) is 4.05. The molecule has 8 heteroatoms. The number of para-hydroxylation sites is 1. The number of benzene rings is 3. The molecule has 0 fully saturated rings. The SMILES string of the molecule is COc1ccccc1C1=NCc2cnc(Nc3ccc(C(=O)O)cc3)nc2-c2ccc(Cl)cc21. The van der Waals surface area contributed by atoms with Gasteiger partial charge in [-0.15, -0.1) is 0 Å². The van der Waals surface area contributed by atoms with Gasteiger partial charge in [0.05, 0.1) is 30.6 Å². The van der Waals surface area contributed by atoms with Crippen molar-refractivity contribution in [1.29, 1.82) is 0 Å². The first-order valence-corrected chi connectivity index (χ1v) is 10.9. The molecule has 0 atom stereocenters. The number of aromatic nitrogens is 2. The molecule has 0 spiro atoms. The monoisotopic (exact) mass is 470 g/mol. The summed E-state index contributed by atoms with van der Waals surface area (Å²) < 4.78 is 5.58. The van der Waals surface area contributed by atoms with Crippen LogP contribution in [0, 0.1) is 0 Å². The number of anilines is 2. The molecular formula is C26H19ClN4O3. The number of nitrogens with zero attached hydrogens (tertiary/aromatic N) is 3. The van der Waals surface area contributed by atoms with Gasteiger partial charge < -0.3 is 15.2 Å². The molecule has 1 aliphatic heterocycles. The van der Waals surface area contributed by atoms with Gasteiger partial charge >= 0.3 is 5.97 Å². The molecule has 0 aliphatic carbocycles. The molecule has 4 aromatic rings. The topological polar surface area (TPSA) is 96.7 Å². The van der Waals surface area contributed by atoms with Gasteiger partial charge in [-0.2, -0.15) is 0 Å². The number of carboxylic acid groups (broad SMARTS) is 1. The number of methoxy groups -OCH3 is 1. The van der Waals surface area contributed by atoms with E-state index < -0.39 is 5.97 Å². The van der Waals surface area contributed by atoms with Crippen LogP contribution in [-0.2, 0) is 6.54 Å². The average Bonchev–Trinajstić information content (AvgIpc) is 3.00. The normalized spacial score (nSPS) is 12.1. The van der Waals surface area contributed by atoms with Gasteiger partial charge in [0.2, 0.25) is 5.95 Å². The number of nitrogens with one attached hydrogen (secondary N) is 1. The van der Waals surface area contributed by atoms with Crippen LogP contribution in [0.2, 0.25) is 5.02 Å². The van der Waals surface area contributed by atoms with Gasteiger partial charge in [-0.1, -0.05) is 29.8 Å². The number of fused-ring (bicyclic) bond motifs is 3. The Hall–Kier alpha value is -4.23. The Balaban J connectivity index is 1.58. The lowest BCUT2D eigenvalue weighted by atomic mass is 9.95. The molecule has 5 rings (SSSR count). The van der Waals surface area contributed by atoms with E-state index in [9.17, 15) is 4.79 Å². The number of aliphatic imine (C=N–C) groups is 1. The lowest BCUT2D eigenvalue weighted by Crippen LogP contribution is -2.07. The van der Waals surface area contributed by atoms with E-state index in [4.69, 9.17) is 31.4 Å². The quantitative estimate of drug-likeness (QED) is 0.394. The number of rotatable bonds is 5. The minimum atomic E-state index is -0.978. The molecule has 1 aliphatic rings. The van der Waals surface area contributed by atoms with Gasteiger partial charge in [0.25, 0.3) is 0 Å². The third-order valence-electron chi connectivity index (χ3n) is 5.51. The Morgan fingerprint density at radius 2 is 1.82 bits per heavy atom. The zero-order valence-electron chi connectivity index (χ0n) is 18.1. The van der Waals surface area contributed by atoms with Crippen molar-refractivity contribution in [2.45, 2.75) is 6.54 Å². The van der Waals surface area contributed by atoms with Crippen LogP contribution in [0.15, 0.2) is 77.9 Å². The van der Waals surface area contributed by atoms with Crippen LogP contribution in [0.3, 0.4) is 0 Å². The molecule has 0 saturated carbocycles. The number of hydrogen-bond acceptors (Lipinski definition) is 6. The van der Waals surface area contributed by atoms with Gasteiger partial charge in [0, 0.05) is 39.2 Å². The van der Waals surface area contributed by atoms with Crippen molar-refractivity contribution < 1.29 is 14.6 Å². The smallest absolute Gasteiger partial charge is 0.335 e. The zero-order valence-corrected chi connectivity index (χ0v) is 18.9. The maximum Gasteiger partial charge on any atom is 0.335 e. The molecule has 7 nitrogen and oxygen atoms in total. The number of hydrogen-bond donors (Lipinski definition) is 2. The molecular weight excluding hydrogens is 452 g/mol. The van der Waals surface area contributed by atoms with Crippen molar-refractivity contribution in [3.63, 3.8) is 0 Å². The summed E-state index contributed by atoms with van der Waals surface area (Å²) in [6.45, 7) is 0.391. The summed E-state index contributed by atoms with van der Waals surface area (Å²) in [5.74, 6) is 0.133. The van der Waals surface area contributed by atoms with Crippen molar-refractivity contribution >= 4 is 34.9 Å².